The van der Waals surface area contributed by atoms with Crippen LogP contribution in [-0.4, -0.2) is 37.8 Å². The van der Waals surface area contributed by atoms with Gasteiger partial charge in [0.05, 0.1) is 0 Å². The fourth-order valence-corrected chi connectivity index (χ4v) is 1.47. The van der Waals surface area contributed by atoms with E-state index < -0.39 is 12.0 Å². The van der Waals surface area contributed by atoms with Gasteiger partial charge in [0.15, 0.2) is 0 Å². The van der Waals surface area contributed by atoms with E-state index in [0.717, 1.165) is 0 Å². The third kappa shape index (κ3) is 3.32. The van der Waals surface area contributed by atoms with Gasteiger partial charge < -0.3 is 0 Å². The molecule has 0 spiro atoms. The van der Waals surface area contributed by atoms with Crippen LogP contribution in [0.2, 0.25) is 0 Å². The van der Waals surface area contributed by atoms with Gasteiger partial charge in [-0.3, -0.25) is 0 Å². The number of aliphatic carboxylic acids is 1. The van der Waals surface area contributed by atoms with Crippen molar-refractivity contribution in [3.8, 4) is 0 Å². The third-order valence-corrected chi connectivity index (χ3v) is 2.02. The zero-order chi connectivity index (χ0) is 6.57. The number of carboxylic acids is 1. The van der Waals surface area contributed by atoms with Crippen molar-refractivity contribution in [2.75, 3.05) is 5.75 Å². The molecule has 0 aliphatic heterocycles. The Balaban J connectivity index is 3.32. The normalized spacial score (nSPS) is 13.2. The molecule has 0 saturated carbocycles. The van der Waals surface area contributed by atoms with Gasteiger partial charge in [0.2, 0.25) is 0 Å². The predicted octanol–water partition coefficient (Wildman–Crippen LogP) is -1.05. The molecule has 48 valence electrons. The molecule has 0 radical (unpaired) electrons. The van der Waals surface area contributed by atoms with Crippen LogP contribution in [0.3, 0.4) is 0 Å². The Labute approximate surface area is 58.9 Å². The van der Waals surface area contributed by atoms with E-state index in [-0.39, 0.29) is 0 Å². The molecule has 1 atom stereocenters. The second-order valence-corrected chi connectivity index (χ2v) is 3.46. The Bertz CT molecular complexity index is 89.4. The molecule has 0 aromatic rings. The third-order valence-electron chi connectivity index (χ3n) is 0.571. The van der Waals surface area contributed by atoms with Gasteiger partial charge in [-0.25, -0.2) is 0 Å². The van der Waals surface area contributed by atoms with Crippen molar-refractivity contribution in [1.29, 1.82) is 0 Å². The minimum absolute atomic E-state index is 0.454. The van der Waals surface area contributed by atoms with Crippen molar-refractivity contribution in [2.45, 2.75) is 6.04 Å². The quantitative estimate of drug-likeness (QED) is 0.570. The summed E-state index contributed by atoms with van der Waals surface area (Å²) >= 11 is 2.21. The first-order valence-electron chi connectivity index (χ1n) is 1.93. The minimum atomic E-state index is -0.941. The SMILES string of the molecule is NC(CS[SeH])C(=O)O. The van der Waals surface area contributed by atoms with Gasteiger partial charge in [-0.2, -0.15) is 0 Å². The molecule has 3 N–H and O–H groups in total. The number of hydrogen-bond acceptors (Lipinski definition) is 3. The van der Waals surface area contributed by atoms with Gasteiger partial charge in [-0.15, -0.1) is 0 Å². The van der Waals surface area contributed by atoms with Crippen LogP contribution in [0.1, 0.15) is 0 Å². The zero-order valence-electron chi connectivity index (χ0n) is 4.07. The fraction of sp³-hybridized carbons (Fsp3) is 0.667. The summed E-state index contributed by atoms with van der Waals surface area (Å²) in [6.07, 6.45) is 0. The van der Waals surface area contributed by atoms with E-state index in [2.05, 4.69) is 14.9 Å². The molecule has 0 fully saturated rings. The van der Waals surface area contributed by atoms with E-state index >= 15 is 0 Å². The Morgan fingerprint density at radius 2 is 2.50 bits per heavy atom. The Kier molecular flexibility index (Phi) is 4.36. The summed E-state index contributed by atoms with van der Waals surface area (Å²) in [5.41, 5.74) is 5.10. The van der Waals surface area contributed by atoms with Crippen molar-refractivity contribution >= 4 is 31.0 Å². The first kappa shape index (κ1) is 8.30. The molecule has 0 heterocycles. The van der Waals surface area contributed by atoms with Crippen LogP contribution in [-0.2, 0) is 4.79 Å². The summed E-state index contributed by atoms with van der Waals surface area (Å²) in [6, 6.07) is -0.719. The molecule has 3 nitrogen and oxygen atoms in total. The van der Waals surface area contributed by atoms with Gasteiger partial charge in [-0.1, -0.05) is 0 Å². The van der Waals surface area contributed by atoms with Gasteiger partial charge in [0.1, 0.15) is 0 Å². The van der Waals surface area contributed by atoms with E-state index in [1.165, 1.54) is 10.2 Å². The van der Waals surface area contributed by atoms with Crippen LogP contribution >= 0.6 is 10.2 Å². The number of hydrogen-bond donors (Lipinski definition) is 2. The Morgan fingerprint density at radius 1 is 2.00 bits per heavy atom. The predicted molar refractivity (Wildman–Crippen MR) is 35.2 cm³/mol. The molecule has 0 aromatic carbocycles. The fourth-order valence-electron chi connectivity index (χ4n) is 0.152. The maximum absolute atomic E-state index is 9.94. The number of nitrogens with two attached hydrogens (primary N) is 1. The molecule has 0 aliphatic carbocycles. The van der Waals surface area contributed by atoms with Crippen LogP contribution in [0.25, 0.3) is 0 Å². The second-order valence-electron chi connectivity index (χ2n) is 1.24. The van der Waals surface area contributed by atoms with Crippen LogP contribution in [0.5, 0.6) is 0 Å². The standard InChI is InChI=1S/C3H7NO2SSe/c4-2(1-7-8)3(5)6/h2,8H,1,4H2,(H,5,6). The van der Waals surface area contributed by atoms with Crippen LogP contribution in [0.15, 0.2) is 0 Å². The monoisotopic (exact) mass is 201 g/mol. The number of carbonyl (C=O) groups is 1. The van der Waals surface area contributed by atoms with Gasteiger partial charge >= 0.3 is 58.5 Å². The van der Waals surface area contributed by atoms with Crippen molar-refractivity contribution in [1.82, 2.24) is 0 Å². The first-order chi connectivity index (χ1) is 3.68. The molecule has 5 heteroatoms. The van der Waals surface area contributed by atoms with Crippen molar-refractivity contribution in [3.05, 3.63) is 0 Å². The summed E-state index contributed by atoms with van der Waals surface area (Å²) in [4.78, 5) is 9.94. The van der Waals surface area contributed by atoms with Crippen LogP contribution < -0.4 is 5.73 Å². The van der Waals surface area contributed by atoms with Crippen LogP contribution in [0.4, 0.5) is 0 Å². The molecule has 0 rings (SSSR count). The zero-order valence-corrected chi connectivity index (χ0v) is 6.77. The average molecular weight is 200 g/mol. The summed E-state index contributed by atoms with van der Waals surface area (Å²) in [5, 5.41) is 8.17. The van der Waals surface area contributed by atoms with Crippen molar-refractivity contribution in [3.63, 3.8) is 0 Å². The molecule has 1 unspecified atom stereocenters. The summed E-state index contributed by atoms with van der Waals surface area (Å²) in [7, 11) is 1.37. The van der Waals surface area contributed by atoms with Crippen molar-refractivity contribution in [2.24, 2.45) is 5.73 Å². The molecular weight excluding hydrogens is 193 g/mol. The number of carboxylic acid groups (broad SMARTS) is 1. The Morgan fingerprint density at radius 3 is 2.62 bits per heavy atom. The maximum atomic E-state index is 9.94. The van der Waals surface area contributed by atoms with E-state index in [4.69, 9.17) is 10.8 Å². The molecule has 0 bridgehead atoms. The van der Waals surface area contributed by atoms with Gasteiger partial charge in [-0.05, 0) is 0 Å². The van der Waals surface area contributed by atoms with Crippen molar-refractivity contribution < 1.29 is 9.90 Å². The molecule has 0 aromatic heterocycles. The van der Waals surface area contributed by atoms with E-state index in [1.54, 1.807) is 0 Å². The molecule has 0 saturated heterocycles. The van der Waals surface area contributed by atoms with Crippen LogP contribution in [0, 0.1) is 0 Å². The van der Waals surface area contributed by atoms with Gasteiger partial charge in [0.25, 0.3) is 0 Å². The van der Waals surface area contributed by atoms with E-state index in [0.29, 0.717) is 5.75 Å². The molecule has 8 heavy (non-hydrogen) atoms. The Hall–Kier alpha value is 0.299. The molecule has 0 aliphatic rings. The summed E-state index contributed by atoms with van der Waals surface area (Å²) in [6.45, 7) is 0. The topological polar surface area (TPSA) is 63.3 Å². The summed E-state index contributed by atoms with van der Waals surface area (Å²) in [5.74, 6) is -0.487. The average Bonchev–Trinajstić information content (AvgIpc) is 1.67. The van der Waals surface area contributed by atoms with E-state index in [1.807, 2.05) is 0 Å². The van der Waals surface area contributed by atoms with Gasteiger partial charge in [0, 0.05) is 0 Å². The second kappa shape index (κ2) is 4.21. The number of rotatable bonds is 3. The molecule has 0 amide bonds. The summed E-state index contributed by atoms with van der Waals surface area (Å²) < 4.78 is 0. The van der Waals surface area contributed by atoms with E-state index in [9.17, 15) is 4.79 Å². The molecular formula is C3H7NO2SSe. The first-order valence-corrected chi connectivity index (χ1v) is 5.17.